The Balaban J connectivity index is 2.09. The minimum absolute atomic E-state index is 0.0251. The maximum Gasteiger partial charge on any atom is 0.222 e. The molecule has 0 aromatic carbocycles. The first-order valence-corrected chi connectivity index (χ1v) is 6.03. The summed E-state index contributed by atoms with van der Waals surface area (Å²) in [7, 11) is 0. The van der Waals surface area contributed by atoms with Crippen molar-refractivity contribution in [2.45, 2.75) is 31.0 Å². The maximum atomic E-state index is 14.7. The van der Waals surface area contributed by atoms with Crippen molar-refractivity contribution in [2.24, 2.45) is 0 Å². The molecule has 9 heteroatoms. The lowest BCUT2D eigenvalue weighted by atomic mass is 9.99. The molecular weight excluding hydrogens is 269 g/mol. The number of alkyl halides is 1. The van der Waals surface area contributed by atoms with Crippen molar-refractivity contribution in [3.63, 3.8) is 0 Å². The third-order valence-electron chi connectivity index (χ3n) is 3.48. The lowest BCUT2D eigenvalue weighted by Gasteiger charge is -2.24. The number of imidazole rings is 1. The number of nitrogens with zero attached hydrogens (tertiary/aromatic N) is 4. The van der Waals surface area contributed by atoms with Crippen LogP contribution in [0.4, 0.5) is 10.3 Å². The molecule has 3 heterocycles. The van der Waals surface area contributed by atoms with E-state index < -0.39 is 30.7 Å². The third-order valence-corrected chi connectivity index (χ3v) is 3.48. The number of aliphatic hydroxyl groups excluding tert-OH is 2. The Hall–Kier alpha value is -1.84. The van der Waals surface area contributed by atoms with E-state index in [1.165, 1.54) is 24.0 Å². The molecule has 0 saturated carbocycles. The fraction of sp³-hybridized carbons (Fsp3) is 0.545. The van der Waals surface area contributed by atoms with Gasteiger partial charge in [0.15, 0.2) is 17.5 Å². The van der Waals surface area contributed by atoms with Gasteiger partial charge in [-0.3, -0.25) is 4.57 Å². The van der Waals surface area contributed by atoms with Crippen LogP contribution in [0.3, 0.4) is 0 Å². The summed E-state index contributed by atoms with van der Waals surface area (Å²) in [6, 6.07) is 0. The van der Waals surface area contributed by atoms with Crippen molar-refractivity contribution < 1.29 is 19.3 Å². The van der Waals surface area contributed by atoms with Crippen LogP contribution in [-0.4, -0.2) is 54.2 Å². The molecule has 2 aromatic rings. The van der Waals surface area contributed by atoms with Gasteiger partial charge in [0.05, 0.1) is 19.1 Å². The minimum atomic E-state index is -2.10. The summed E-state index contributed by atoms with van der Waals surface area (Å²) in [5, 5.41) is 19.0. The number of nitrogen functional groups attached to an aromatic ring is 1. The Bertz CT molecular complexity index is 646. The number of aliphatic hydroxyl groups is 2. The maximum absolute atomic E-state index is 14.7. The fourth-order valence-corrected chi connectivity index (χ4v) is 2.37. The number of hydrogen-bond donors (Lipinski definition) is 3. The smallest absolute Gasteiger partial charge is 0.222 e. The molecule has 0 spiro atoms. The number of halogens is 1. The highest BCUT2D eigenvalue weighted by Crippen LogP contribution is 2.42. The predicted molar refractivity (Wildman–Crippen MR) is 66.3 cm³/mol. The van der Waals surface area contributed by atoms with Crippen molar-refractivity contribution in [3.8, 4) is 0 Å². The highest BCUT2D eigenvalue weighted by molar-refractivity contribution is 5.70. The summed E-state index contributed by atoms with van der Waals surface area (Å²) in [5.41, 5.74) is 4.15. The highest BCUT2D eigenvalue weighted by atomic mass is 19.1. The van der Waals surface area contributed by atoms with Gasteiger partial charge in [0.1, 0.15) is 17.7 Å². The summed E-state index contributed by atoms with van der Waals surface area (Å²) in [5.74, 6) is 0.0251. The molecule has 1 aliphatic rings. The van der Waals surface area contributed by atoms with E-state index in [1.54, 1.807) is 0 Å². The Kier molecular flexibility index (Phi) is 2.85. The average Bonchev–Trinajstić information content (AvgIpc) is 2.90. The van der Waals surface area contributed by atoms with Crippen LogP contribution in [0.15, 0.2) is 12.5 Å². The van der Waals surface area contributed by atoms with Crippen LogP contribution >= 0.6 is 0 Å². The quantitative estimate of drug-likeness (QED) is 0.672. The average molecular weight is 283 g/mol. The van der Waals surface area contributed by atoms with Crippen LogP contribution < -0.4 is 5.73 Å². The Labute approximate surface area is 113 Å². The van der Waals surface area contributed by atoms with E-state index in [9.17, 15) is 9.50 Å². The van der Waals surface area contributed by atoms with Crippen LogP contribution in [0.1, 0.15) is 13.2 Å². The zero-order chi connectivity index (χ0) is 14.5. The van der Waals surface area contributed by atoms with E-state index in [1.807, 2.05) is 0 Å². The molecule has 1 aliphatic heterocycles. The van der Waals surface area contributed by atoms with Gasteiger partial charge in [-0.2, -0.15) is 4.98 Å². The van der Waals surface area contributed by atoms with E-state index in [4.69, 9.17) is 15.6 Å². The van der Waals surface area contributed by atoms with Gasteiger partial charge in [-0.25, -0.2) is 14.4 Å². The Morgan fingerprint density at radius 1 is 1.55 bits per heavy atom. The van der Waals surface area contributed by atoms with E-state index in [-0.39, 0.29) is 5.95 Å². The SMILES string of the molecule is C[C@@]1(F)[C@H](O)[C@@H](CO)O[C@H]1n1cnc2cnc(N)nc21. The second-order valence-corrected chi connectivity index (χ2v) is 4.89. The molecule has 0 unspecified atom stereocenters. The molecule has 0 bridgehead atoms. The number of fused-ring (bicyclic) bond motifs is 1. The first-order valence-electron chi connectivity index (χ1n) is 6.03. The van der Waals surface area contributed by atoms with Gasteiger partial charge < -0.3 is 20.7 Å². The normalized spacial score (nSPS) is 33.9. The van der Waals surface area contributed by atoms with Gasteiger partial charge in [-0.1, -0.05) is 0 Å². The van der Waals surface area contributed by atoms with E-state index in [0.29, 0.717) is 11.2 Å². The topological polar surface area (TPSA) is 119 Å². The van der Waals surface area contributed by atoms with Crippen LogP contribution in [0.2, 0.25) is 0 Å². The zero-order valence-electron chi connectivity index (χ0n) is 10.6. The second kappa shape index (κ2) is 4.33. The van der Waals surface area contributed by atoms with Crippen molar-refractivity contribution >= 4 is 17.1 Å². The standard InChI is InChI=1S/C11H14FN5O3/c1-11(12)7(19)6(3-18)20-9(11)17-4-15-5-2-14-10(13)16-8(5)17/h2,4,6-7,9,18-19H,3H2,1H3,(H2,13,14,16)/t6-,7-,9-,11-/m1/s1. The molecule has 0 radical (unpaired) electrons. The Morgan fingerprint density at radius 2 is 2.30 bits per heavy atom. The number of ether oxygens (including phenoxy) is 1. The fourth-order valence-electron chi connectivity index (χ4n) is 2.37. The van der Waals surface area contributed by atoms with Gasteiger partial charge in [-0.15, -0.1) is 0 Å². The lowest BCUT2D eigenvalue weighted by molar-refractivity contribution is -0.0566. The Morgan fingerprint density at radius 3 is 2.95 bits per heavy atom. The molecule has 8 nitrogen and oxygen atoms in total. The van der Waals surface area contributed by atoms with Gasteiger partial charge in [0.2, 0.25) is 5.95 Å². The number of aromatic nitrogens is 4. The third kappa shape index (κ3) is 1.74. The zero-order valence-corrected chi connectivity index (χ0v) is 10.6. The molecule has 4 N–H and O–H groups in total. The predicted octanol–water partition coefficient (Wildman–Crippen LogP) is -0.613. The van der Waals surface area contributed by atoms with Crippen molar-refractivity contribution in [1.29, 1.82) is 0 Å². The number of nitrogens with two attached hydrogens (primary N) is 1. The number of hydrogen-bond acceptors (Lipinski definition) is 7. The molecule has 1 saturated heterocycles. The number of anilines is 1. The molecule has 4 atom stereocenters. The summed E-state index contributed by atoms with van der Waals surface area (Å²) in [4.78, 5) is 11.8. The molecule has 20 heavy (non-hydrogen) atoms. The molecule has 3 rings (SSSR count). The second-order valence-electron chi connectivity index (χ2n) is 4.89. The van der Waals surface area contributed by atoms with E-state index in [0.717, 1.165) is 0 Å². The lowest BCUT2D eigenvalue weighted by Crippen LogP contribution is -2.40. The summed E-state index contributed by atoms with van der Waals surface area (Å²) in [6.07, 6.45) is -0.860. The summed E-state index contributed by atoms with van der Waals surface area (Å²) in [6.45, 7) is 0.718. The van der Waals surface area contributed by atoms with Crippen LogP contribution in [0, 0.1) is 0 Å². The highest BCUT2D eigenvalue weighted by Gasteiger charge is 2.55. The molecule has 1 fully saturated rings. The molecule has 0 aliphatic carbocycles. The van der Waals surface area contributed by atoms with Crippen LogP contribution in [0.5, 0.6) is 0 Å². The first kappa shape index (κ1) is 13.2. The van der Waals surface area contributed by atoms with Gasteiger partial charge in [-0.05, 0) is 6.92 Å². The molecule has 2 aromatic heterocycles. The van der Waals surface area contributed by atoms with Crippen molar-refractivity contribution in [1.82, 2.24) is 19.5 Å². The van der Waals surface area contributed by atoms with Crippen molar-refractivity contribution in [2.75, 3.05) is 12.3 Å². The minimum Gasteiger partial charge on any atom is -0.394 e. The summed E-state index contributed by atoms with van der Waals surface area (Å²) < 4.78 is 21.4. The largest absolute Gasteiger partial charge is 0.394 e. The molecule has 108 valence electrons. The van der Waals surface area contributed by atoms with Gasteiger partial charge in [0, 0.05) is 0 Å². The van der Waals surface area contributed by atoms with Crippen LogP contribution in [0.25, 0.3) is 11.2 Å². The number of rotatable bonds is 2. The van der Waals surface area contributed by atoms with Gasteiger partial charge >= 0.3 is 0 Å². The van der Waals surface area contributed by atoms with Crippen LogP contribution in [-0.2, 0) is 4.74 Å². The van der Waals surface area contributed by atoms with E-state index in [2.05, 4.69) is 15.0 Å². The van der Waals surface area contributed by atoms with Gasteiger partial charge in [0.25, 0.3) is 0 Å². The molecular formula is C11H14FN5O3. The summed E-state index contributed by atoms with van der Waals surface area (Å²) >= 11 is 0. The van der Waals surface area contributed by atoms with E-state index >= 15 is 0 Å². The first-order chi connectivity index (χ1) is 9.45. The van der Waals surface area contributed by atoms with Crippen molar-refractivity contribution in [3.05, 3.63) is 12.5 Å². The monoisotopic (exact) mass is 283 g/mol. The molecule has 0 amide bonds.